The Labute approximate surface area is 177 Å². The van der Waals surface area contributed by atoms with E-state index in [9.17, 15) is 4.79 Å². The Hall–Kier alpha value is -2.29. The minimum absolute atomic E-state index is 0.0802. The molecule has 1 aliphatic heterocycles. The molecule has 0 spiro atoms. The fraction of sp³-hybridized carbons (Fsp3) is 0.476. The van der Waals surface area contributed by atoms with Crippen LogP contribution in [0.4, 0.5) is 0 Å². The Morgan fingerprint density at radius 2 is 1.79 bits per heavy atom. The van der Waals surface area contributed by atoms with Crippen LogP contribution >= 0.6 is 12.2 Å². The molecule has 0 radical (unpaired) electrons. The van der Waals surface area contributed by atoms with Crippen LogP contribution < -0.4 is 5.32 Å². The van der Waals surface area contributed by atoms with Crippen LogP contribution in [0.2, 0.25) is 0 Å². The lowest BCUT2D eigenvalue weighted by Gasteiger charge is -2.34. The summed E-state index contributed by atoms with van der Waals surface area (Å²) in [6.45, 7) is 10.6. The summed E-state index contributed by atoms with van der Waals surface area (Å²) in [7, 11) is 0. The summed E-state index contributed by atoms with van der Waals surface area (Å²) in [5.41, 5.74) is 0.927. The molecule has 1 aliphatic rings. The van der Waals surface area contributed by atoms with Crippen molar-refractivity contribution in [3.8, 4) is 0 Å². The smallest absolute Gasteiger partial charge is 0.234 e. The van der Waals surface area contributed by atoms with Gasteiger partial charge in [-0.05, 0) is 44.6 Å². The first-order valence-corrected chi connectivity index (χ1v) is 10.3. The molecule has 1 aromatic carbocycles. The van der Waals surface area contributed by atoms with E-state index in [0.29, 0.717) is 18.0 Å². The number of nitrogens with one attached hydrogen (secondary N) is 2. The second-order valence-corrected chi connectivity index (χ2v) is 8.76. The van der Waals surface area contributed by atoms with Gasteiger partial charge in [0.25, 0.3) is 0 Å². The SMILES string of the molecule is CC(C)(C)NC(=O)CN1CCN(Cn2[nH]c(/C=C/c3ccccc3)nc2=S)CC1. The van der Waals surface area contributed by atoms with Gasteiger partial charge in [-0.1, -0.05) is 36.4 Å². The highest BCUT2D eigenvalue weighted by Gasteiger charge is 2.21. The lowest BCUT2D eigenvalue weighted by atomic mass is 10.1. The lowest BCUT2D eigenvalue weighted by molar-refractivity contribution is -0.124. The number of H-pyrrole nitrogens is 1. The molecular weight excluding hydrogens is 384 g/mol. The molecule has 2 aromatic rings. The number of amides is 1. The molecule has 1 saturated heterocycles. The number of hydrogen-bond acceptors (Lipinski definition) is 5. The summed E-state index contributed by atoms with van der Waals surface area (Å²) in [5.74, 6) is 0.827. The van der Waals surface area contributed by atoms with Crippen LogP contribution in [0.5, 0.6) is 0 Å². The zero-order valence-corrected chi connectivity index (χ0v) is 18.2. The molecule has 0 aliphatic carbocycles. The van der Waals surface area contributed by atoms with E-state index >= 15 is 0 Å². The van der Waals surface area contributed by atoms with Crippen molar-refractivity contribution in [3.05, 3.63) is 46.5 Å². The Bertz CT molecular complexity index is 888. The number of aromatic nitrogens is 3. The highest BCUT2D eigenvalue weighted by atomic mass is 32.1. The van der Waals surface area contributed by atoms with Crippen LogP contribution in [0.3, 0.4) is 0 Å². The molecule has 1 aromatic heterocycles. The average molecular weight is 415 g/mol. The fourth-order valence-corrected chi connectivity index (χ4v) is 3.44. The number of aromatic amines is 1. The molecule has 0 saturated carbocycles. The molecule has 0 bridgehead atoms. The largest absolute Gasteiger partial charge is 0.350 e. The first-order chi connectivity index (χ1) is 13.8. The highest BCUT2D eigenvalue weighted by molar-refractivity contribution is 7.71. The van der Waals surface area contributed by atoms with E-state index < -0.39 is 0 Å². The zero-order chi connectivity index (χ0) is 20.9. The van der Waals surface area contributed by atoms with E-state index in [-0.39, 0.29) is 11.4 Å². The molecule has 7 nitrogen and oxygen atoms in total. The van der Waals surface area contributed by atoms with Crippen molar-refractivity contribution < 1.29 is 4.79 Å². The normalized spacial score (nSPS) is 16.4. The molecule has 0 atom stereocenters. The first-order valence-electron chi connectivity index (χ1n) is 9.94. The maximum absolute atomic E-state index is 12.1. The van der Waals surface area contributed by atoms with Crippen LogP contribution in [-0.4, -0.2) is 68.7 Å². The molecule has 3 rings (SSSR count). The number of piperazine rings is 1. The van der Waals surface area contributed by atoms with Crippen molar-refractivity contribution in [2.75, 3.05) is 32.7 Å². The maximum atomic E-state index is 12.1. The molecule has 1 fully saturated rings. The summed E-state index contributed by atoms with van der Waals surface area (Å²) in [6, 6.07) is 10.1. The average Bonchev–Trinajstić information content (AvgIpc) is 3.00. The van der Waals surface area contributed by atoms with Gasteiger partial charge in [-0.15, -0.1) is 0 Å². The maximum Gasteiger partial charge on any atom is 0.234 e. The third-order valence-corrected chi connectivity index (χ3v) is 4.93. The van der Waals surface area contributed by atoms with Crippen molar-refractivity contribution >= 4 is 30.3 Å². The van der Waals surface area contributed by atoms with Crippen LogP contribution in [0, 0.1) is 4.77 Å². The Balaban J connectivity index is 1.49. The van der Waals surface area contributed by atoms with E-state index in [1.54, 1.807) is 0 Å². The van der Waals surface area contributed by atoms with Crippen molar-refractivity contribution in [3.63, 3.8) is 0 Å². The molecular formula is C21H30N6OS. The standard InChI is InChI=1S/C21H30N6OS/c1-21(2,3)23-19(28)15-25-11-13-26(14-12-25)16-27-20(29)22-18(24-27)10-9-17-7-5-4-6-8-17/h4-10H,11-16H2,1-3H3,(H,23,28)(H,22,24,29)/b10-9+. The summed E-state index contributed by atoms with van der Waals surface area (Å²) in [4.78, 5) is 21.0. The van der Waals surface area contributed by atoms with E-state index in [1.165, 1.54) is 0 Å². The number of hydrogen-bond donors (Lipinski definition) is 2. The predicted octanol–water partition coefficient (Wildman–Crippen LogP) is 2.60. The van der Waals surface area contributed by atoms with Crippen LogP contribution in [-0.2, 0) is 11.5 Å². The van der Waals surface area contributed by atoms with Gasteiger partial charge in [0, 0.05) is 31.7 Å². The van der Waals surface area contributed by atoms with E-state index in [4.69, 9.17) is 12.2 Å². The number of nitrogens with zero attached hydrogens (tertiary/aromatic N) is 4. The monoisotopic (exact) mass is 414 g/mol. The quantitative estimate of drug-likeness (QED) is 0.711. The number of benzene rings is 1. The minimum Gasteiger partial charge on any atom is -0.350 e. The molecule has 8 heteroatoms. The van der Waals surface area contributed by atoms with Gasteiger partial charge in [0.2, 0.25) is 10.7 Å². The van der Waals surface area contributed by atoms with Crippen LogP contribution in [0.1, 0.15) is 32.2 Å². The first kappa shape index (κ1) is 21.4. The third kappa shape index (κ3) is 6.92. The summed E-state index contributed by atoms with van der Waals surface area (Å²) >= 11 is 5.40. The van der Waals surface area contributed by atoms with Gasteiger partial charge in [0.05, 0.1) is 13.2 Å². The van der Waals surface area contributed by atoms with Gasteiger partial charge in [0.15, 0.2) is 0 Å². The van der Waals surface area contributed by atoms with Gasteiger partial charge in [-0.2, -0.15) is 4.98 Å². The summed E-state index contributed by atoms with van der Waals surface area (Å²) in [6.07, 6.45) is 3.95. The molecule has 1 amide bonds. The van der Waals surface area contributed by atoms with Gasteiger partial charge in [-0.25, -0.2) is 4.68 Å². The predicted molar refractivity (Wildman–Crippen MR) is 119 cm³/mol. The van der Waals surface area contributed by atoms with Crippen LogP contribution in [0.15, 0.2) is 30.3 Å². The summed E-state index contributed by atoms with van der Waals surface area (Å²) < 4.78 is 2.44. The zero-order valence-electron chi connectivity index (χ0n) is 17.4. The van der Waals surface area contributed by atoms with Gasteiger partial charge in [-0.3, -0.25) is 19.7 Å². The Morgan fingerprint density at radius 1 is 1.14 bits per heavy atom. The van der Waals surface area contributed by atoms with Crippen molar-refractivity contribution in [2.24, 2.45) is 0 Å². The van der Waals surface area contributed by atoms with Crippen LogP contribution in [0.25, 0.3) is 12.2 Å². The number of carbonyl (C=O) groups excluding carboxylic acids is 1. The van der Waals surface area contributed by atoms with E-state index in [0.717, 1.165) is 37.6 Å². The second kappa shape index (κ2) is 9.47. The molecule has 156 valence electrons. The van der Waals surface area contributed by atoms with Crippen molar-refractivity contribution in [1.82, 2.24) is 29.9 Å². The highest BCUT2D eigenvalue weighted by Crippen LogP contribution is 2.07. The van der Waals surface area contributed by atoms with Gasteiger partial charge >= 0.3 is 0 Å². The molecule has 2 N–H and O–H groups in total. The molecule has 0 unspecified atom stereocenters. The van der Waals surface area contributed by atoms with E-state index in [1.807, 2.05) is 67.9 Å². The van der Waals surface area contributed by atoms with Crippen molar-refractivity contribution in [2.45, 2.75) is 33.0 Å². The minimum atomic E-state index is -0.192. The Kier molecular flexibility index (Phi) is 7.00. The molecule has 2 heterocycles. The Morgan fingerprint density at radius 3 is 2.45 bits per heavy atom. The van der Waals surface area contributed by atoms with Crippen molar-refractivity contribution in [1.29, 1.82) is 0 Å². The summed E-state index contributed by atoms with van der Waals surface area (Å²) in [5, 5.41) is 6.28. The topological polar surface area (TPSA) is 69.2 Å². The number of carbonyl (C=O) groups is 1. The second-order valence-electron chi connectivity index (χ2n) is 8.40. The van der Waals surface area contributed by atoms with Gasteiger partial charge in [0.1, 0.15) is 5.82 Å². The molecule has 29 heavy (non-hydrogen) atoms. The lowest BCUT2D eigenvalue weighted by Crippen LogP contribution is -2.51. The van der Waals surface area contributed by atoms with E-state index in [2.05, 4.69) is 25.2 Å². The third-order valence-electron chi connectivity index (χ3n) is 4.62. The number of rotatable bonds is 6. The van der Waals surface area contributed by atoms with Gasteiger partial charge < -0.3 is 5.32 Å². The fourth-order valence-electron chi connectivity index (χ4n) is 3.23.